The summed E-state index contributed by atoms with van der Waals surface area (Å²) in [5.41, 5.74) is 3.43. The van der Waals surface area contributed by atoms with Crippen LogP contribution in [0.1, 0.15) is 54.0 Å². The summed E-state index contributed by atoms with van der Waals surface area (Å²) >= 11 is 1.62. The van der Waals surface area contributed by atoms with Gasteiger partial charge in [0.05, 0.1) is 5.01 Å². The lowest BCUT2D eigenvalue weighted by Crippen LogP contribution is -2.33. The molecule has 0 saturated carbocycles. The molecular formula is C25H29N3OS. The highest BCUT2D eigenvalue weighted by Crippen LogP contribution is 2.31. The second-order valence-electron chi connectivity index (χ2n) is 7.91. The molecule has 2 heterocycles. The Hall–Kier alpha value is -2.50. The van der Waals surface area contributed by atoms with Gasteiger partial charge in [0.25, 0.3) is 5.91 Å². The summed E-state index contributed by atoms with van der Waals surface area (Å²) in [6.07, 6.45) is 4.79. The van der Waals surface area contributed by atoms with Crippen molar-refractivity contribution in [3.63, 3.8) is 0 Å². The number of carbonyl (C=O) groups is 1. The van der Waals surface area contributed by atoms with Crippen LogP contribution in [-0.2, 0) is 0 Å². The molecule has 0 bridgehead atoms. The molecule has 1 aromatic heterocycles. The standard InChI is InChI=1S/C25H29N3OS/c1-2-3-15-28-16-13-20(14-17-28)25-27-23(18-30-25)24(29)26-22-12-8-7-11-21(22)19-9-5-4-6-10-19/h4-12,18,20H,2-3,13-17H2,1H3,(H,26,29). The molecule has 4 nitrogen and oxygen atoms in total. The minimum atomic E-state index is -0.138. The largest absolute Gasteiger partial charge is 0.320 e. The number of anilines is 1. The first-order valence-electron chi connectivity index (χ1n) is 10.9. The fraction of sp³-hybridized carbons (Fsp3) is 0.360. The average molecular weight is 420 g/mol. The third-order valence-corrected chi connectivity index (χ3v) is 6.79. The van der Waals surface area contributed by atoms with Crippen LogP contribution in [0.2, 0.25) is 0 Å². The van der Waals surface area contributed by atoms with E-state index in [0.717, 1.165) is 47.8 Å². The van der Waals surface area contributed by atoms with Crippen LogP contribution in [0.3, 0.4) is 0 Å². The number of nitrogens with one attached hydrogen (secondary N) is 1. The van der Waals surface area contributed by atoms with E-state index in [0.29, 0.717) is 11.6 Å². The topological polar surface area (TPSA) is 45.2 Å². The number of thiazole rings is 1. The van der Waals surface area contributed by atoms with Gasteiger partial charge in [-0.15, -0.1) is 11.3 Å². The zero-order chi connectivity index (χ0) is 20.8. The number of carbonyl (C=O) groups excluding carboxylic acids is 1. The van der Waals surface area contributed by atoms with Gasteiger partial charge >= 0.3 is 0 Å². The Bertz CT molecular complexity index is 961. The van der Waals surface area contributed by atoms with Crippen molar-refractivity contribution in [2.75, 3.05) is 25.0 Å². The Morgan fingerprint density at radius 2 is 1.83 bits per heavy atom. The number of piperidine rings is 1. The Morgan fingerprint density at radius 3 is 2.60 bits per heavy atom. The van der Waals surface area contributed by atoms with Gasteiger partial charge in [0.2, 0.25) is 0 Å². The maximum Gasteiger partial charge on any atom is 0.275 e. The molecule has 0 aliphatic carbocycles. The van der Waals surface area contributed by atoms with Crippen LogP contribution in [-0.4, -0.2) is 35.4 Å². The summed E-state index contributed by atoms with van der Waals surface area (Å²) in [5.74, 6) is 0.340. The smallest absolute Gasteiger partial charge is 0.275 e. The highest BCUT2D eigenvalue weighted by Gasteiger charge is 2.24. The third kappa shape index (κ3) is 4.97. The summed E-state index contributed by atoms with van der Waals surface area (Å²) in [5, 5.41) is 6.07. The molecule has 4 rings (SSSR count). The second-order valence-corrected chi connectivity index (χ2v) is 8.80. The second kappa shape index (κ2) is 10.0. The summed E-state index contributed by atoms with van der Waals surface area (Å²) in [4.78, 5) is 20.2. The molecule has 30 heavy (non-hydrogen) atoms. The number of likely N-dealkylation sites (tertiary alicyclic amines) is 1. The van der Waals surface area contributed by atoms with Crippen molar-refractivity contribution in [1.29, 1.82) is 0 Å². The Morgan fingerprint density at radius 1 is 1.10 bits per heavy atom. The number of aromatic nitrogens is 1. The Kier molecular flexibility index (Phi) is 6.92. The molecule has 1 fully saturated rings. The Labute approximate surface area is 183 Å². The van der Waals surface area contributed by atoms with Crippen molar-refractivity contribution >= 4 is 22.9 Å². The van der Waals surface area contributed by atoms with Crippen LogP contribution in [0, 0.1) is 0 Å². The van der Waals surface area contributed by atoms with Gasteiger partial charge in [-0.1, -0.05) is 61.9 Å². The molecule has 0 spiro atoms. The van der Waals surface area contributed by atoms with Gasteiger partial charge in [0, 0.05) is 22.5 Å². The van der Waals surface area contributed by atoms with Gasteiger partial charge in [-0.05, 0) is 50.5 Å². The lowest BCUT2D eigenvalue weighted by molar-refractivity contribution is 0.102. The van der Waals surface area contributed by atoms with E-state index in [-0.39, 0.29) is 5.91 Å². The van der Waals surface area contributed by atoms with Crippen molar-refractivity contribution in [1.82, 2.24) is 9.88 Å². The van der Waals surface area contributed by atoms with Crippen LogP contribution < -0.4 is 5.32 Å². The molecule has 3 aromatic rings. The highest BCUT2D eigenvalue weighted by atomic mass is 32.1. The third-order valence-electron chi connectivity index (χ3n) is 5.78. The number of rotatable bonds is 7. The molecule has 0 atom stereocenters. The van der Waals surface area contributed by atoms with Crippen molar-refractivity contribution in [2.45, 2.75) is 38.5 Å². The van der Waals surface area contributed by atoms with Crippen LogP contribution in [0.25, 0.3) is 11.1 Å². The number of nitrogens with zero attached hydrogens (tertiary/aromatic N) is 2. The van der Waals surface area contributed by atoms with Crippen molar-refractivity contribution in [3.8, 4) is 11.1 Å². The number of benzene rings is 2. The highest BCUT2D eigenvalue weighted by molar-refractivity contribution is 7.10. The van der Waals surface area contributed by atoms with E-state index in [1.165, 1.54) is 19.4 Å². The van der Waals surface area contributed by atoms with Crippen molar-refractivity contribution in [3.05, 3.63) is 70.7 Å². The number of hydrogen-bond acceptors (Lipinski definition) is 4. The lowest BCUT2D eigenvalue weighted by Gasteiger charge is -2.30. The van der Waals surface area contributed by atoms with Gasteiger partial charge in [0.1, 0.15) is 5.69 Å². The molecule has 1 N–H and O–H groups in total. The zero-order valence-electron chi connectivity index (χ0n) is 17.5. The molecule has 1 saturated heterocycles. The molecule has 0 radical (unpaired) electrons. The van der Waals surface area contributed by atoms with E-state index < -0.39 is 0 Å². The molecule has 1 amide bonds. The van der Waals surface area contributed by atoms with Crippen LogP contribution >= 0.6 is 11.3 Å². The van der Waals surface area contributed by atoms with E-state index in [9.17, 15) is 4.79 Å². The molecule has 156 valence electrons. The summed E-state index contributed by atoms with van der Waals surface area (Å²) in [7, 11) is 0. The first-order valence-corrected chi connectivity index (χ1v) is 11.8. The molecule has 0 unspecified atom stereocenters. The number of unbranched alkanes of at least 4 members (excludes halogenated alkanes) is 1. The summed E-state index contributed by atoms with van der Waals surface area (Å²) < 4.78 is 0. The normalized spacial score (nSPS) is 15.2. The average Bonchev–Trinajstić information content (AvgIpc) is 3.29. The van der Waals surface area contributed by atoms with Gasteiger partial charge in [-0.3, -0.25) is 4.79 Å². The van der Waals surface area contributed by atoms with Crippen LogP contribution in [0.15, 0.2) is 60.0 Å². The lowest BCUT2D eigenvalue weighted by atomic mass is 9.97. The van der Waals surface area contributed by atoms with Crippen molar-refractivity contribution in [2.24, 2.45) is 0 Å². The van der Waals surface area contributed by atoms with E-state index in [1.807, 2.05) is 47.8 Å². The first kappa shape index (κ1) is 20.8. The van der Waals surface area contributed by atoms with E-state index in [2.05, 4.69) is 29.3 Å². The molecule has 5 heteroatoms. The van der Waals surface area contributed by atoms with Gasteiger partial charge in [0.15, 0.2) is 0 Å². The quantitative estimate of drug-likeness (QED) is 0.508. The fourth-order valence-corrected chi connectivity index (χ4v) is 4.98. The first-order chi connectivity index (χ1) is 14.7. The fourth-order valence-electron chi connectivity index (χ4n) is 4.01. The summed E-state index contributed by atoms with van der Waals surface area (Å²) in [6, 6.07) is 18.0. The predicted octanol–water partition coefficient (Wildman–Crippen LogP) is 6.04. The maximum absolute atomic E-state index is 12.9. The van der Waals surface area contributed by atoms with Gasteiger partial charge in [-0.2, -0.15) is 0 Å². The zero-order valence-corrected chi connectivity index (χ0v) is 18.3. The van der Waals surface area contributed by atoms with E-state index in [4.69, 9.17) is 4.98 Å². The van der Waals surface area contributed by atoms with E-state index in [1.54, 1.807) is 11.3 Å². The number of hydrogen-bond donors (Lipinski definition) is 1. The predicted molar refractivity (Wildman–Crippen MR) is 125 cm³/mol. The minimum Gasteiger partial charge on any atom is -0.320 e. The minimum absolute atomic E-state index is 0.138. The van der Waals surface area contributed by atoms with Crippen LogP contribution in [0.4, 0.5) is 5.69 Å². The summed E-state index contributed by atoms with van der Waals surface area (Å²) in [6.45, 7) is 5.72. The van der Waals surface area contributed by atoms with E-state index >= 15 is 0 Å². The SMILES string of the molecule is CCCCN1CCC(c2nc(C(=O)Nc3ccccc3-c3ccccc3)cs2)CC1. The molecule has 1 aliphatic rings. The van der Waals surface area contributed by atoms with Crippen molar-refractivity contribution < 1.29 is 4.79 Å². The monoisotopic (exact) mass is 419 g/mol. The molecule has 2 aromatic carbocycles. The Balaban J connectivity index is 1.41. The maximum atomic E-state index is 12.9. The van der Waals surface area contributed by atoms with Crippen LogP contribution in [0.5, 0.6) is 0 Å². The molecule has 1 aliphatic heterocycles. The van der Waals surface area contributed by atoms with Gasteiger partial charge in [-0.25, -0.2) is 4.98 Å². The number of para-hydroxylation sites is 1. The number of amides is 1. The molecular weight excluding hydrogens is 390 g/mol. The van der Waals surface area contributed by atoms with Gasteiger partial charge < -0.3 is 10.2 Å².